The molecule has 0 amide bonds. The minimum absolute atomic E-state index is 0.137. The molecule has 0 aliphatic heterocycles. The largest absolute Gasteiger partial charge is 0.377 e. The Labute approximate surface area is 114 Å². The molecule has 0 aromatic rings. The van der Waals surface area contributed by atoms with Crippen molar-refractivity contribution in [3.63, 3.8) is 0 Å². The van der Waals surface area contributed by atoms with Gasteiger partial charge in [-0.05, 0) is 48.0 Å². The molecule has 1 N–H and O–H groups in total. The molecule has 4 nitrogen and oxygen atoms in total. The number of methoxy groups -OCH3 is 1. The Morgan fingerprint density at radius 1 is 1.17 bits per heavy atom. The van der Waals surface area contributed by atoms with Crippen LogP contribution in [-0.4, -0.2) is 75.9 Å². The molecule has 4 heteroatoms. The predicted molar refractivity (Wildman–Crippen MR) is 79.2 cm³/mol. The van der Waals surface area contributed by atoms with Crippen molar-refractivity contribution >= 4 is 0 Å². The number of hydrogen-bond donors (Lipinski definition) is 1. The van der Waals surface area contributed by atoms with Crippen LogP contribution >= 0.6 is 0 Å². The number of nitrogens with zero attached hydrogens (tertiary/aromatic N) is 2. The molecule has 0 bridgehead atoms. The molecule has 0 saturated carbocycles. The van der Waals surface area contributed by atoms with E-state index in [9.17, 15) is 0 Å². The highest BCUT2D eigenvalue weighted by Gasteiger charge is 2.29. The summed E-state index contributed by atoms with van der Waals surface area (Å²) in [5.74, 6) is 0. The fourth-order valence-electron chi connectivity index (χ4n) is 1.76. The Bertz CT molecular complexity index is 207. The van der Waals surface area contributed by atoms with E-state index >= 15 is 0 Å². The molecular weight excluding hydrogens is 226 g/mol. The first kappa shape index (κ1) is 17.8. The van der Waals surface area contributed by atoms with Crippen molar-refractivity contribution in [2.24, 2.45) is 0 Å². The maximum Gasteiger partial charge on any atom is 0.0787 e. The van der Waals surface area contributed by atoms with E-state index in [1.54, 1.807) is 7.11 Å². The van der Waals surface area contributed by atoms with Crippen LogP contribution in [0.4, 0.5) is 0 Å². The minimum Gasteiger partial charge on any atom is -0.377 e. The minimum atomic E-state index is -0.137. The first-order valence-corrected chi connectivity index (χ1v) is 6.95. The molecule has 0 aromatic carbocycles. The molecule has 0 fully saturated rings. The van der Waals surface area contributed by atoms with E-state index in [1.807, 2.05) is 0 Å². The quantitative estimate of drug-likeness (QED) is 0.639. The number of nitrogens with one attached hydrogen (secondary N) is 1. The summed E-state index contributed by atoms with van der Waals surface area (Å²) in [7, 11) is 8.19. The standard InChI is InChI=1S/C14H33N3O/c1-8-9-15-13(14(2,3)18-7)12-17(6)11-10-16(4)5/h13,15H,8-12H2,1-7H3. The van der Waals surface area contributed by atoms with Crippen molar-refractivity contribution in [2.75, 3.05) is 54.4 Å². The Morgan fingerprint density at radius 2 is 1.78 bits per heavy atom. The summed E-state index contributed by atoms with van der Waals surface area (Å²) in [4.78, 5) is 4.58. The van der Waals surface area contributed by atoms with Gasteiger partial charge in [0.25, 0.3) is 0 Å². The Morgan fingerprint density at radius 3 is 2.22 bits per heavy atom. The molecular formula is C14H33N3O. The van der Waals surface area contributed by atoms with Crippen LogP contribution in [0.25, 0.3) is 0 Å². The molecule has 0 heterocycles. The second-order valence-corrected chi connectivity index (χ2v) is 5.88. The molecule has 0 aromatic heterocycles. The van der Waals surface area contributed by atoms with Gasteiger partial charge < -0.3 is 19.9 Å². The van der Waals surface area contributed by atoms with Crippen LogP contribution in [-0.2, 0) is 4.74 Å². The summed E-state index contributed by atoms with van der Waals surface area (Å²) >= 11 is 0. The van der Waals surface area contributed by atoms with E-state index in [4.69, 9.17) is 4.74 Å². The lowest BCUT2D eigenvalue weighted by molar-refractivity contribution is -0.0182. The summed E-state index contributed by atoms with van der Waals surface area (Å²) in [5, 5.41) is 3.60. The molecule has 18 heavy (non-hydrogen) atoms. The summed E-state index contributed by atoms with van der Waals surface area (Å²) in [6.07, 6.45) is 1.15. The highest BCUT2D eigenvalue weighted by molar-refractivity contribution is 4.87. The number of ether oxygens (including phenoxy) is 1. The van der Waals surface area contributed by atoms with Crippen LogP contribution in [0.1, 0.15) is 27.2 Å². The third-order valence-corrected chi connectivity index (χ3v) is 3.43. The zero-order valence-corrected chi connectivity index (χ0v) is 13.4. The summed E-state index contributed by atoms with van der Waals surface area (Å²) in [6.45, 7) is 10.7. The smallest absolute Gasteiger partial charge is 0.0787 e. The van der Waals surface area contributed by atoms with Crippen LogP contribution in [0.2, 0.25) is 0 Å². The van der Waals surface area contributed by atoms with Crippen molar-refractivity contribution in [1.82, 2.24) is 15.1 Å². The van der Waals surface area contributed by atoms with Gasteiger partial charge in [0, 0.05) is 32.8 Å². The van der Waals surface area contributed by atoms with Gasteiger partial charge in [-0.1, -0.05) is 6.92 Å². The SMILES string of the molecule is CCCNC(CN(C)CCN(C)C)C(C)(C)OC. The molecule has 0 radical (unpaired) electrons. The van der Waals surface area contributed by atoms with Gasteiger partial charge in [-0.2, -0.15) is 0 Å². The Kier molecular flexibility index (Phi) is 8.78. The van der Waals surface area contributed by atoms with E-state index in [1.165, 1.54) is 0 Å². The average Bonchev–Trinajstić information content (AvgIpc) is 2.31. The van der Waals surface area contributed by atoms with Gasteiger partial charge in [0.1, 0.15) is 0 Å². The number of hydrogen-bond acceptors (Lipinski definition) is 4. The van der Waals surface area contributed by atoms with Gasteiger partial charge in [0.05, 0.1) is 5.60 Å². The molecule has 0 spiro atoms. The van der Waals surface area contributed by atoms with E-state index < -0.39 is 0 Å². The monoisotopic (exact) mass is 259 g/mol. The Hall–Kier alpha value is -0.160. The molecule has 0 saturated heterocycles. The molecule has 0 aliphatic rings. The van der Waals surface area contributed by atoms with Crippen molar-refractivity contribution in [3.05, 3.63) is 0 Å². The van der Waals surface area contributed by atoms with Crippen LogP contribution in [0.3, 0.4) is 0 Å². The van der Waals surface area contributed by atoms with Gasteiger partial charge in [-0.15, -0.1) is 0 Å². The zero-order chi connectivity index (χ0) is 14.2. The fraction of sp³-hybridized carbons (Fsp3) is 1.00. The van der Waals surface area contributed by atoms with Crippen molar-refractivity contribution in [3.8, 4) is 0 Å². The van der Waals surface area contributed by atoms with E-state index in [-0.39, 0.29) is 5.60 Å². The van der Waals surface area contributed by atoms with Crippen LogP contribution in [0.15, 0.2) is 0 Å². The number of rotatable bonds is 10. The lowest BCUT2D eigenvalue weighted by Gasteiger charge is -2.36. The predicted octanol–water partition coefficient (Wildman–Crippen LogP) is 1.27. The molecule has 110 valence electrons. The Balaban J connectivity index is 4.30. The molecule has 1 unspecified atom stereocenters. The summed E-state index contributed by atoms with van der Waals surface area (Å²) in [5.41, 5.74) is -0.137. The molecule has 0 aliphatic carbocycles. The molecule has 1 atom stereocenters. The van der Waals surface area contributed by atoms with Crippen molar-refractivity contribution < 1.29 is 4.74 Å². The highest BCUT2D eigenvalue weighted by Crippen LogP contribution is 2.14. The normalized spacial score (nSPS) is 14.5. The van der Waals surface area contributed by atoms with E-state index in [0.717, 1.165) is 32.6 Å². The lowest BCUT2D eigenvalue weighted by Crippen LogP contribution is -2.54. The molecule has 0 rings (SSSR count). The van der Waals surface area contributed by atoms with Gasteiger partial charge in [0.2, 0.25) is 0 Å². The number of likely N-dealkylation sites (N-methyl/N-ethyl adjacent to an activating group) is 2. The topological polar surface area (TPSA) is 27.7 Å². The highest BCUT2D eigenvalue weighted by atomic mass is 16.5. The van der Waals surface area contributed by atoms with Crippen molar-refractivity contribution in [1.29, 1.82) is 0 Å². The third-order valence-electron chi connectivity index (χ3n) is 3.43. The van der Waals surface area contributed by atoms with E-state index in [2.05, 4.69) is 57.0 Å². The first-order chi connectivity index (χ1) is 8.33. The summed E-state index contributed by atoms with van der Waals surface area (Å²) in [6, 6.07) is 0.356. The van der Waals surface area contributed by atoms with Gasteiger partial charge in [-0.3, -0.25) is 0 Å². The summed E-state index contributed by atoms with van der Waals surface area (Å²) < 4.78 is 5.62. The van der Waals surface area contributed by atoms with E-state index in [0.29, 0.717) is 6.04 Å². The second-order valence-electron chi connectivity index (χ2n) is 5.88. The third kappa shape index (κ3) is 7.31. The second kappa shape index (κ2) is 8.86. The van der Waals surface area contributed by atoms with Crippen LogP contribution < -0.4 is 5.32 Å². The zero-order valence-electron chi connectivity index (χ0n) is 13.4. The maximum atomic E-state index is 5.62. The van der Waals surface area contributed by atoms with Gasteiger partial charge >= 0.3 is 0 Å². The van der Waals surface area contributed by atoms with Crippen LogP contribution in [0.5, 0.6) is 0 Å². The van der Waals surface area contributed by atoms with Crippen molar-refractivity contribution in [2.45, 2.75) is 38.8 Å². The maximum absolute atomic E-state index is 5.62. The average molecular weight is 259 g/mol. The van der Waals surface area contributed by atoms with Gasteiger partial charge in [0.15, 0.2) is 0 Å². The fourth-order valence-corrected chi connectivity index (χ4v) is 1.76. The lowest BCUT2D eigenvalue weighted by atomic mass is 9.97. The van der Waals surface area contributed by atoms with Gasteiger partial charge in [-0.25, -0.2) is 0 Å². The van der Waals surface area contributed by atoms with Crippen LogP contribution in [0, 0.1) is 0 Å². The first-order valence-electron chi connectivity index (χ1n) is 6.95.